The molecule has 0 saturated carbocycles. The summed E-state index contributed by atoms with van der Waals surface area (Å²) >= 11 is 0. The molecule has 0 N–H and O–H groups in total. The fourth-order valence-corrected chi connectivity index (χ4v) is 7.10. The minimum absolute atomic E-state index is 1.24. The van der Waals surface area contributed by atoms with Gasteiger partial charge in [-0.3, -0.25) is 0 Å². The highest BCUT2D eigenvalue weighted by atomic mass is 14.2. The van der Waals surface area contributed by atoms with Gasteiger partial charge in [-0.1, -0.05) is 115 Å². The van der Waals surface area contributed by atoms with Gasteiger partial charge in [0, 0.05) is 0 Å². The van der Waals surface area contributed by atoms with Crippen molar-refractivity contribution in [3.05, 3.63) is 144 Å². The quantitative estimate of drug-likeness (QED) is 0.188. The molecule has 0 amide bonds. The zero-order chi connectivity index (χ0) is 27.7. The Morgan fingerprint density at radius 2 is 0.683 bits per heavy atom. The zero-order valence-corrected chi connectivity index (χ0v) is 23.6. The molecule has 0 aliphatic carbocycles. The molecule has 8 aromatic carbocycles. The van der Waals surface area contributed by atoms with E-state index in [0.29, 0.717) is 0 Å². The number of hydrogen-bond acceptors (Lipinski definition) is 0. The van der Waals surface area contributed by atoms with Gasteiger partial charge in [-0.15, -0.1) is 0 Å². The van der Waals surface area contributed by atoms with Crippen molar-refractivity contribution in [2.24, 2.45) is 0 Å². The lowest BCUT2D eigenvalue weighted by Gasteiger charge is -2.18. The maximum absolute atomic E-state index is 2.42. The van der Waals surface area contributed by atoms with Crippen LogP contribution in [0.5, 0.6) is 0 Å². The molecule has 0 nitrogen and oxygen atoms in total. The molecular weight excluding hydrogens is 492 g/mol. The summed E-state index contributed by atoms with van der Waals surface area (Å²) in [6.45, 7) is 6.71. The highest BCUT2D eigenvalue weighted by Crippen LogP contribution is 2.42. The van der Waals surface area contributed by atoms with Gasteiger partial charge in [0.1, 0.15) is 0 Å². The Morgan fingerprint density at radius 3 is 1.17 bits per heavy atom. The Bertz CT molecular complexity index is 2230. The number of benzene rings is 7. The largest absolute Gasteiger partial charge is 0.0610 e. The van der Waals surface area contributed by atoms with E-state index in [1.54, 1.807) is 0 Å². The van der Waals surface area contributed by atoms with E-state index in [4.69, 9.17) is 0 Å². The van der Waals surface area contributed by atoms with Crippen molar-refractivity contribution in [1.29, 1.82) is 0 Å². The monoisotopic (exact) mass is 522 g/mol. The van der Waals surface area contributed by atoms with Crippen LogP contribution in [0.3, 0.4) is 0 Å². The number of hydrogen-bond donors (Lipinski definition) is 0. The molecule has 0 aliphatic heterocycles. The van der Waals surface area contributed by atoms with Gasteiger partial charge in [-0.05, 0) is 126 Å². The van der Waals surface area contributed by atoms with Gasteiger partial charge in [0.05, 0.1) is 0 Å². The van der Waals surface area contributed by atoms with Crippen LogP contribution in [0, 0.1) is 20.8 Å². The first-order valence-electron chi connectivity index (χ1n) is 14.4. The first kappa shape index (κ1) is 23.9. The van der Waals surface area contributed by atoms with E-state index in [1.165, 1.54) is 92.5 Å². The van der Waals surface area contributed by atoms with Crippen molar-refractivity contribution in [2.45, 2.75) is 20.8 Å². The average Bonchev–Trinajstić information content (AvgIpc) is 2.97. The summed E-state index contributed by atoms with van der Waals surface area (Å²) in [5.74, 6) is 0. The highest BCUT2D eigenvalue weighted by Gasteiger charge is 2.16. The molecule has 4 bridgehead atoms. The first-order chi connectivity index (χ1) is 20.0. The van der Waals surface area contributed by atoms with Crippen molar-refractivity contribution in [3.63, 3.8) is 0 Å². The van der Waals surface area contributed by atoms with Gasteiger partial charge in [-0.25, -0.2) is 0 Å². The Morgan fingerprint density at radius 1 is 0.293 bits per heavy atom. The topological polar surface area (TPSA) is 0 Å². The van der Waals surface area contributed by atoms with Crippen LogP contribution in [0.1, 0.15) is 16.7 Å². The van der Waals surface area contributed by atoms with Gasteiger partial charge < -0.3 is 0 Å². The molecule has 0 aliphatic rings. The average molecular weight is 523 g/mol. The van der Waals surface area contributed by atoms with Crippen LogP contribution in [0.15, 0.2) is 127 Å². The second-order valence-electron chi connectivity index (χ2n) is 11.6. The number of rotatable bonds is 1. The predicted molar refractivity (Wildman–Crippen MR) is 180 cm³/mol. The second-order valence-corrected chi connectivity index (χ2v) is 11.6. The van der Waals surface area contributed by atoms with Gasteiger partial charge in [0.2, 0.25) is 0 Å². The third-order valence-electron chi connectivity index (χ3n) is 8.87. The molecule has 0 heteroatoms. The standard InChI is InChI=1S/C41H30/c1-25-20-26(2)40(27(3)21-25)41-34-14-6-10-30-18-16-28-8-4-12-32-22-33-13-5-9-29(37(33)23-36(28)32)17-19-31-11-7-15-35(41)39(31)24-38(30)34/h4-24H,1-3H3. The van der Waals surface area contributed by atoms with Gasteiger partial charge in [0.25, 0.3) is 0 Å². The molecule has 8 rings (SSSR count). The Labute approximate surface area is 240 Å². The summed E-state index contributed by atoms with van der Waals surface area (Å²) in [7, 11) is 0. The molecule has 0 unspecified atom stereocenters. The lowest BCUT2D eigenvalue weighted by atomic mass is 9.85. The van der Waals surface area contributed by atoms with Gasteiger partial charge in [0.15, 0.2) is 0 Å². The predicted octanol–water partition coefficient (Wildman–Crippen LogP) is 11.8. The molecule has 41 heavy (non-hydrogen) atoms. The maximum atomic E-state index is 2.42. The SMILES string of the molecule is Cc1cc(C)c(-c2c3cccc4ccc5cccc6cc7cccc(ccc8cccc2c8cc43)c7cc56)c(C)c1. The van der Waals surface area contributed by atoms with E-state index < -0.39 is 0 Å². The third kappa shape index (κ3) is 3.75. The molecule has 0 spiro atoms. The summed E-state index contributed by atoms with van der Waals surface area (Å²) in [5.41, 5.74) is 6.63. The number of aryl methyl sites for hydroxylation is 3. The zero-order valence-electron chi connectivity index (χ0n) is 23.6. The third-order valence-corrected chi connectivity index (χ3v) is 8.87. The summed E-state index contributed by atoms with van der Waals surface area (Å²) < 4.78 is 0. The van der Waals surface area contributed by atoms with Crippen LogP contribution >= 0.6 is 0 Å². The molecule has 0 aromatic heterocycles. The molecule has 8 aromatic rings. The minimum atomic E-state index is 1.24. The van der Waals surface area contributed by atoms with Crippen molar-refractivity contribution < 1.29 is 0 Å². The fraction of sp³-hybridized carbons (Fsp3) is 0.0732. The van der Waals surface area contributed by atoms with Crippen LogP contribution in [-0.4, -0.2) is 0 Å². The highest BCUT2D eigenvalue weighted by molar-refractivity contribution is 6.21. The summed E-state index contributed by atoms with van der Waals surface area (Å²) in [4.78, 5) is 0. The van der Waals surface area contributed by atoms with Gasteiger partial charge in [-0.2, -0.15) is 0 Å². The Hall–Kier alpha value is -4.94. The van der Waals surface area contributed by atoms with E-state index in [2.05, 4.69) is 148 Å². The minimum Gasteiger partial charge on any atom is -0.0610 e. The molecule has 194 valence electrons. The lowest BCUT2D eigenvalue weighted by Crippen LogP contribution is -1.93. The molecule has 0 fully saturated rings. The van der Waals surface area contributed by atoms with Crippen LogP contribution < -0.4 is 0 Å². The maximum Gasteiger partial charge on any atom is -0.00210 e. The van der Waals surface area contributed by atoms with Gasteiger partial charge >= 0.3 is 0 Å². The van der Waals surface area contributed by atoms with Crippen molar-refractivity contribution in [2.75, 3.05) is 0 Å². The van der Waals surface area contributed by atoms with Crippen molar-refractivity contribution >= 4 is 64.6 Å². The van der Waals surface area contributed by atoms with E-state index in [9.17, 15) is 0 Å². The van der Waals surface area contributed by atoms with E-state index in [-0.39, 0.29) is 0 Å². The van der Waals surface area contributed by atoms with Crippen LogP contribution in [0.2, 0.25) is 0 Å². The fourth-order valence-electron chi connectivity index (χ4n) is 7.10. The first-order valence-corrected chi connectivity index (χ1v) is 14.4. The summed E-state index contributed by atoms with van der Waals surface area (Å²) in [6.07, 6.45) is 0. The normalized spacial score (nSPS) is 11.8. The van der Waals surface area contributed by atoms with Crippen LogP contribution in [0.25, 0.3) is 75.8 Å². The molecule has 0 radical (unpaired) electrons. The van der Waals surface area contributed by atoms with Crippen molar-refractivity contribution in [3.8, 4) is 11.1 Å². The second kappa shape index (κ2) is 9.04. The van der Waals surface area contributed by atoms with Crippen molar-refractivity contribution in [1.82, 2.24) is 0 Å². The summed E-state index contributed by atoms with van der Waals surface area (Å²) in [6, 6.07) is 47.8. The Balaban J connectivity index is 1.64. The molecule has 0 heterocycles. The van der Waals surface area contributed by atoms with Crippen LogP contribution in [-0.2, 0) is 0 Å². The molecular formula is C41H30. The van der Waals surface area contributed by atoms with E-state index >= 15 is 0 Å². The lowest BCUT2D eigenvalue weighted by molar-refractivity contribution is 1.33. The summed E-state index contributed by atoms with van der Waals surface area (Å²) in [5, 5.41) is 15.2. The van der Waals surface area contributed by atoms with E-state index in [0.717, 1.165) is 0 Å². The molecule has 0 atom stereocenters. The smallest absolute Gasteiger partial charge is 0.00210 e. The van der Waals surface area contributed by atoms with Crippen LogP contribution in [0.4, 0.5) is 0 Å². The Kier molecular flexibility index (Phi) is 5.27. The molecule has 0 saturated heterocycles. The van der Waals surface area contributed by atoms with E-state index in [1.807, 2.05) is 0 Å².